The van der Waals surface area contributed by atoms with Crippen molar-refractivity contribution in [2.45, 2.75) is 38.8 Å². The average Bonchev–Trinajstić information content (AvgIpc) is 2.48. The van der Waals surface area contributed by atoms with Crippen LogP contribution in [0.1, 0.15) is 26.7 Å². The maximum absolute atomic E-state index is 12.3. The highest BCUT2D eigenvalue weighted by Crippen LogP contribution is 2.11. The van der Waals surface area contributed by atoms with Gasteiger partial charge >= 0.3 is 0 Å². The quantitative estimate of drug-likeness (QED) is 0.798. The molecule has 5 nitrogen and oxygen atoms in total. The molecule has 2 fully saturated rings. The number of carbonyl (C=O) groups excluding carboxylic acids is 1. The van der Waals surface area contributed by atoms with Crippen molar-refractivity contribution in [3.8, 4) is 0 Å². The molecule has 0 aliphatic carbocycles. The van der Waals surface area contributed by atoms with Crippen LogP contribution in [-0.4, -0.2) is 73.7 Å². The van der Waals surface area contributed by atoms with Crippen LogP contribution < -0.4 is 5.32 Å². The average molecular weight is 269 g/mol. The van der Waals surface area contributed by atoms with Crippen molar-refractivity contribution < 1.29 is 9.53 Å². The Balaban J connectivity index is 1.74. The lowest BCUT2D eigenvalue weighted by Crippen LogP contribution is -2.53. The van der Waals surface area contributed by atoms with E-state index in [1.54, 1.807) is 0 Å². The van der Waals surface area contributed by atoms with Crippen LogP contribution in [0.5, 0.6) is 0 Å². The largest absolute Gasteiger partial charge is 0.378 e. The van der Waals surface area contributed by atoms with Gasteiger partial charge in [0.2, 0.25) is 5.91 Å². The molecule has 0 aromatic heterocycles. The Bertz CT molecular complexity index is 284. The molecule has 0 spiro atoms. The van der Waals surface area contributed by atoms with Gasteiger partial charge in [0.1, 0.15) is 0 Å². The summed E-state index contributed by atoms with van der Waals surface area (Å²) in [4.78, 5) is 16.7. The van der Waals surface area contributed by atoms with Crippen molar-refractivity contribution >= 4 is 5.91 Å². The smallest absolute Gasteiger partial charge is 0.239 e. The Morgan fingerprint density at radius 2 is 1.89 bits per heavy atom. The third kappa shape index (κ3) is 4.16. The highest BCUT2D eigenvalue weighted by atomic mass is 16.5. The Morgan fingerprint density at radius 3 is 2.47 bits per heavy atom. The fraction of sp³-hybridized carbons (Fsp3) is 0.929. The van der Waals surface area contributed by atoms with E-state index in [1.165, 1.54) is 0 Å². The minimum absolute atomic E-state index is 0.0729. The van der Waals surface area contributed by atoms with E-state index >= 15 is 0 Å². The molecule has 110 valence electrons. The molecule has 2 aliphatic heterocycles. The zero-order chi connectivity index (χ0) is 13.7. The molecule has 0 aromatic carbocycles. The van der Waals surface area contributed by atoms with E-state index in [2.05, 4.69) is 17.1 Å². The van der Waals surface area contributed by atoms with Gasteiger partial charge in [0, 0.05) is 19.1 Å². The number of rotatable bonds is 4. The summed E-state index contributed by atoms with van der Waals surface area (Å²) < 4.78 is 5.28. The van der Waals surface area contributed by atoms with E-state index in [1.807, 2.05) is 11.8 Å². The van der Waals surface area contributed by atoms with Crippen molar-refractivity contribution in [3.05, 3.63) is 0 Å². The molecule has 1 N–H and O–H groups in total. The molecular weight excluding hydrogens is 242 g/mol. The van der Waals surface area contributed by atoms with E-state index < -0.39 is 0 Å². The second kappa shape index (κ2) is 7.22. The highest BCUT2D eigenvalue weighted by molar-refractivity contribution is 5.81. The van der Waals surface area contributed by atoms with Gasteiger partial charge in [-0.25, -0.2) is 0 Å². The number of morpholine rings is 1. The first-order valence-electron chi connectivity index (χ1n) is 7.55. The maximum atomic E-state index is 12.3. The molecule has 5 heteroatoms. The highest BCUT2D eigenvalue weighted by Gasteiger charge is 2.26. The Kier molecular flexibility index (Phi) is 5.60. The van der Waals surface area contributed by atoms with Crippen molar-refractivity contribution in [2.75, 3.05) is 45.9 Å². The molecule has 1 unspecified atom stereocenters. The third-order valence-electron chi connectivity index (χ3n) is 4.21. The number of nitrogens with zero attached hydrogens (tertiary/aromatic N) is 2. The van der Waals surface area contributed by atoms with Crippen molar-refractivity contribution in [1.29, 1.82) is 0 Å². The summed E-state index contributed by atoms with van der Waals surface area (Å²) in [7, 11) is 0. The standard InChI is InChI=1S/C14H27N3O2/c1-3-16-6-4-13(5-7-16)15-12(2)14(18)17-8-10-19-11-9-17/h12-13,15H,3-11H2,1-2H3. The van der Waals surface area contributed by atoms with E-state index in [0.717, 1.165) is 45.6 Å². The van der Waals surface area contributed by atoms with Crippen LogP contribution in [0.15, 0.2) is 0 Å². The van der Waals surface area contributed by atoms with Gasteiger partial charge in [0.05, 0.1) is 19.3 Å². The van der Waals surface area contributed by atoms with Gasteiger partial charge in [-0.05, 0) is 39.4 Å². The van der Waals surface area contributed by atoms with Crippen LogP contribution in [0, 0.1) is 0 Å². The van der Waals surface area contributed by atoms with Crippen molar-refractivity contribution in [1.82, 2.24) is 15.1 Å². The van der Waals surface area contributed by atoms with Gasteiger partial charge in [-0.3, -0.25) is 4.79 Å². The van der Waals surface area contributed by atoms with E-state index in [0.29, 0.717) is 19.3 Å². The van der Waals surface area contributed by atoms with Gasteiger partial charge in [0.25, 0.3) is 0 Å². The fourth-order valence-corrected chi connectivity index (χ4v) is 2.90. The number of likely N-dealkylation sites (tertiary alicyclic amines) is 1. The van der Waals surface area contributed by atoms with Gasteiger partial charge < -0.3 is 19.9 Å². The van der Waals surface area contributed by atoms with Crippen LogP contribution in [0.3, 0.4) is 0 Å². The molecule has 1 atom stereocenters. The molecule has 2 heterocycles. The maximum Gasteiger partial charge on any atom is 0.239 e. The molecule has 2 saturated heterocycles. The summed E-state index contributed by atoms with van der Waals surface area (Å²) in [5.74, 6) is 0.223. The predicted octanol–water partition coefficient (Wildman–Crippen LogP) is 0.308. The molecule has 0 saturated carbocycles. The van der Waals surface area contributed by atoms with Gasteiger partial charge in [-0.1, -0.05) is 6.92 Å². The van der Waals surface area contributed by atoms with Crippen LogP contribution >= 0.6 is 0 Å². The lowest BCUT2D eigenvalue weighted by Gasteiger charge is -2.35. The summed E-state index contributed by atoms with van der Waals surface area (Å²) >= 11 is 0. The third-order valence-corrected chi connectivity index (χ3v) is 4.21. The topological polar surface area (TPSA) is 44.8 Å². The van der Waals surface area contributed by atoms with Gasteiger partial charge in [0.15, 0.2) is 0 Å². The first-order valence-corrected chi connectivity index (χ1v) is 7.55. The number of carbonyl (C=O) groups is 1. The molecule has 2 rings (SSSR count). The van der Waals surface area contributed by atoms with Crippen LogP contribution in [0.2, 0.25) is 0 Å². The summed E-state index contributed by atoms with van der Waals surface area (Å²) in [6.45, 7) is 10.4. The van der Waals surface area contributed by atoms with Gasteiger partial charge in [-0.2, -0.15) is 0 Å². The van der Waals surface area contributed by atoms with E-state index in [-0.39, 0.29) is 11.9 Å². The van der Waals surface area contributed by atoms with Crippen LogP contribution in [0.25, 0.3) is 0 Å². The summed E-state index contributed by atoms with van der Waals surface area (Å²) in [6, 6.07) is 0.416. The van der Waals surface area contributed by atoms with Crippen molar-refractivity contribution in [3.63, 3.8) is 0 Å². The molecular formula is C14H27N3O2. The first-order chi connectivity index (χ1) is 9.20. The number of hydrogen-bond acceptors (Lipinski definition) is 4. The number of nitrogens with one attached hydrogen (secondary N) is 1. The van der Waals surface area contributed by atoms with Crippen LogP contribution in [0.4, 0.5) is 0 Å². The molecule has 0 bridgehead atoms. The zero-order valence-electron chi connectivity index (χ0n) is 12.2. The molecule has 0 aromatic rings. The normalized spacial score (nSPS) is 24.4. The molecule has 2 aliphatic rings. The summed E-state index contributed by atoms with van der Waals surface area (Å²) in [6.07, 6.45) is 2.29. The van der Waals surface area contributed by atoms with Crippen molar-refractivity contribution in [2.24, 2.45) is 0 Å². The minimum Gasteiger partial charge on any atom is -0.378 e. The second-order valence-electron chi connectivity index (χ2n) is 5.53. The number of piperidine rings is 1. The molecule has 1 amide bonds. The summed E-state index contributed by atoms with van der Waals surface area (Å²) in [5.41, 5.74) is 0. The SMILES string of the molecule is CCN1CCC(NC(C)C(=O)N2CCOCC2)CC1. The monoisotopic (exact) mass is 269 g/mol. The fourth-order valence-electron chi connectivity index (χ4n) is 2.90. The second-order valence-corrected chi connectivity index (χ2v) is 5.53. The Hall–Kier alpha value is -0.650. The number of hydrogen-bond donors (Lipinski definition) is 1. The van der Waals surface area contributed by atoms with E-state index in [9.17, 15) is 4.79 Å². The summed E-state index contributed by atoms with van der Waals surface area (Å²) in [5, 5.41) is 3.50. The number of amides is 1. The molecule has 0 radical (unpaired) electrons. The van der Waals surface area contributed by atoms with Crippen LogP contribution in [-0.2, 0) is 9.53 Å². The lowest BCUT2D eigenvalue weighted by atomic mass is 10.0. The lowest BCUT2D eigenvalue weighted by molar-refractivity contribution is -0.137. The first kappa shape index (κ1) is 14.8. The molecule has 19 heavy (non-hydrogen) atoms. The number of ether oxygens (including phenoxy) is 1. The Labute approximate surface area is 116 Å². The minimum atomic E-state index is -0.0729. The predicted molar refractivity (Wildman–Crippen MR) is 75.1 cm³/mol. The van der Waals surface area contributed by atoms with Gasteiger partial charge in [-0.15, -0.1) is 0 Å². The zero-order valence-corrected chi connectivity index (χ0v) is 12.2. The van der Waals surface area contributed by atoms with E-state index in [4.69, 9.17) is 4.74 Å². The Morgan fingerprint density at radius 1 is 1.26 bits per heavy atom.